The van der Waals surface area contributed by atoms with Crippen molar-refractivity contribution < 1.29 is 4.79 Å². The number of carbonyl (C=O) groups is 1. The van der Waals surface area contributed by atoms with Crippen LogP contribution in [0.25, 0.3) is 10.2 Å². The monoisotopic (exact) mass is 373 g/mol. The van der Waals surface area contributed by atoms with Gasteiger partial charge in [0.05, 0.1) is 5.75 Å². The quantitative estimate of drug-likeness (QED) is 0.561. The van der Waals surface area contributed by atoms with E-state index < -0.39 is 0 Å². The molecule has 0 radical (unpaired) electrons. The number of carbonyl (C=O) groups excluding carboxylic acids is 1. The number of thiophene rings is 1. The van der Waals surface area contributed by atoms with E-state index in [-0.39, 0.29) is 5.91 Å². The first-order valence-electron chi connectivity index (χ1n) is 8.31. The molecule has 130 valence electrons. The van der Waals surface area contributed by atoms with E-state index in [1.807, 2.05) is 11.0 Å². The van der Waals surface area contributed by atoms with Gasteiger partial charge < -0.3 is 4.90 Å². The second kappa shape index (κ2) is 7.13. The second-order valence-corrected chi connectivity index (χ2v) is 8.43. The van der Waals surface area contributed by atoms with Crippen molar-refractivity contribution in [2.24, 2.45) is 0 Å². The van der Waals surface area contributed by atoms with Crippen LogP contribution in [0.5, 0.6) is 0 Å². The zero-order valence-electron chi connectivity index (χ0n) is 13.9. The molecule has 0 bridgehead atoms. The molecule has 6 nitrogen and oxygen atoms in total. The number of rotatable bonds is 4. The number of hydrogen-bond acceptors (Lipinski definition) is 6. The predicted molar refractivity (Wildman–Crippen MR) is 100 cm³/mol. The summed E-state index contributed by atoms with van der Waals surface area (Å²) in [5.41, 5.74) is 1.12. The Labute approximate surface area is 154 Å². The smallest absolute Gasteiger partial charge is 0.233 e. The van der Waals surface area contributed by atoms with Gasteiger partial charge >= 0.3 is 0 Å². The maximum Gasteiger partial charge on any atom is 0.233 e. The van der Waals surface area contributed by atoms with Crippen LogP contribution < -0.4 is 0 Å². The van der Waals surface area contributed by atoms with E-state index in [4.69, 9.17) is 0 Å². The third-order valence-corrected chi connectivity index (χ3v) is 6.43. The van der Waals surface area contributed by atoms with E-state index in [0.717, 1.165) is 46.9 Å². The van der Waals surface area contributed by atoms with Crippen LogP contribution in [0, 0.1) is 6.92 Å². The van der Waals surface area contributed by atoms with Gasteiger partial charge in [-0.25, -0.2) is 9.97 Å². The first-order valence-corrected chi connectivity index (χ1v) is 10.1. The van der Waals surface area contributed by atoms with E-state index >= 15 is 0 Å². The van der Waals surface area contributed by atoms with Gasteiger partial charge in [0.25, 0.3) is 0 Å². The number of aromatic nitrogens is 4. The summed E-state index contributed by atoms with van der Waals surface area (Å²) in [5, 5.41) is 9.01. The molecule has 0 saturated carbocycles. The molecule has 25 heavy (non-hydrogen) atoms. The first kappa shape index (κ1) is 16.5. The summed E-state index contributed by atoms with van der Waals surface area (Å²) in [7, 11) is 0. The van der Waals surface area contributed by atoms with Gasteiger partial charge in [0.1, 0.15) is 16.2 Å². The number of piperidine rings is 1. The fraction of sp³-hybridized carbons (Fsp3) is 0.412. The zero-order valence-corrected chi connectivity index (χ0v) is 15.6. The van der Waals surface area contributed by atoms with E-state index in [1.165, 1.54) is 16.6 Å². The minimum Gasteiger partial charge on any atom is -0.341 e. The van der Waals surface area contributed by atoms with Crippen molar-refractivity contribution in [3.63, 3.8) is 0 Å². The van der Waals surface area contributed by atoms with E-state index in [0.29, 0.717) is 11.7 Å². The predicted octanol–water partition coefficient (Wildman–Crippen LogP) is 3.22. The molecule has 3 aromatic heterocycles. The Balaban J connectivity index is 1.41. The van der Waals surface area contributed by atoms with Crippen LogP contribution in [-0.4, -0.2) is 49.8 Å². The van der Waals surface area contributed by atoms with Gasteiger partial charge in [0.2, 0.25) is 5.91 Å². The van der Waals surface area contributed by atoms with Crippen molar-refractivity contribution >= 4 is 39.2 Å². The third kappa shape index (κ3) is 3.55. The Morgan fingerprint density at radius 1 is 1.48 bits per heavy atom. The van der Waals surface area contributed by atoms with Crippen LogP contribution in [0.2, 0.25) is 0 Å². The van der Waals surface area contributed by atoms with Gasteiger partial charge in [0, 0.05) is 41.2 Å². The third-order valence-electron chi connectivity index (χ3n) is 4.48. The molecule has 0 spiro atoms. The Morgan fingerprint density at radius 2 is 2.40 bits per heavy atom. The van der Waals surface area contributed by atoms with Crippen molar-refractivity contribution in [1.29, 1.82) is 0 Å². The van der Waals surface area contributed by atoms with E-state index in [1.54, 1.807) is 23.9 Å². The summed E-state index contributed by atoms with van der Waals surface area (Å²) in [5.74, 6) is 0.944. The zero-order chi connectivity index (χ0) is 17.2. The van der Waals surface area contributed by atoms with Crippen LogP contribution in [0.15, 0.2) is 29.7 Å². The molecule has 1 aliphatic heterocycles. The standard InChI is InChI=1S/C17H19N5OS2/c1-11-7-13-16(18-10-19-17(13)25-11)24-9-15(23)22-6-2-3-12(8-22)14-4-5-20-21-14/h4-5,7,10,12H,2-3,6,8-9H2,1H3,(H,20,21)/t12-/m1/s1. The number of thioether (sulfide) groups is 1. The number of fused-ring (bicyclic) bond motifs is 1. The lowest BCUT2D eigenvalue weighted by Gasteiger charge is -2.32. The molecule has 1 atom stereocenters. The average molecular weight is 374 g/mol. The lowest BCUT2D eigenvalue weighted by atomic mass is 9.95. The van der Waals surface area contributed by atoms with Crippen LogP contribution >= 0.6 is 23.1 Å². The largest absolute Gasteiger partial charge is 0.341 e. The Morgan fingerprint density at radius 3 is 3.24 bits per heavy atom. The van der Waals surface area contributed by atoms with Crippen LogP contribution in [0.4, 0.5) is 0 Å². The molecule has 1 fully saturated rings. The van der Waals surface area contributed by atoms with Gasteiger partial charge in [-0.2, -0.15) is 5.10 Å². The van der Waals surface area contributed by atoms with Crippen molar-refractivity contribution in [3.05, 3.63) is 35.2 Å². The number of likely N-dealkylation sites (tertiary alicyclic amines) is 1. The molecule has 4 rings (SSSR count). The highest BCUT2D eigenvalue weighted by molar-refractivity contribution is 8.00. The molecule has 0 aromatic carbocycles. The average Bonchev–Trinajstić information content (AvgIpc) is 3.28. The van der Waals surface area contributed by atoms with Gasteiger partial charge in [-0.15, -0.1) is 11.3 Å². The van der Waals surface area contributed by atoms with E-state index in [2.05, 4.69) is 33.2 Å². The van der Waals surface area contributed by atoms with Crippen LogP contribution in [0.3, 0.4) is 0 Å². The Bertz CT molecular complexity index is 876. The minimum absolute atomic E-state index is 0.174. The lowest BCUT2D eigenvalue weighted by molar-refractivity contribution is -0.129. The molecule has 0 aliphatic carbocycles. The Hall–Kier alpha value is -1.93. The highest BCUT2D eigenvalue weighted by Gasteiger charge is 2.25. The molecular formula is C17H19N5OS2. The van der Waals surface area contributed by atoms with Crippen molar-refractivity contribution in [3.8, 4) is 0 Å². The summed E-state index contributed by atoms with van der Waals surface area (Å²) in [4.78, 5) is 25.5. The SMILES string of the molecule is Cc1cc2c(SCC(=O)N3CCC[C@@H](c4ccn[nH]4)C3)ncnc2s1. The van der Waals surface area contributed by atoms with Gasteiger partial charge in [-0.3, -0.25) is 9.89 Å². The lowest BCUT2D eigenvalue weighted by Crippen LogP contribution is -2.40. The molecule has 4 heterocycles. The number of nitrogens with zero attached hydrogens (tertiary/aromatic N) is 4. The minimum atomic E-state index is 0.174. The maximum atomic E-state index is 12.7. The van der Waals surface area contributed by atoms with Crippen LogP contribution in [0.1, 0.15) is 29.3 Å². The summed E-state index contributed by atoms with van der Waals surface area (Å²) in [6.45, 7) is 3.66. The molecule has 8 heteroatoms. The highest BCUT2D eigenvalue weighted by Crippen LogP contribution is 2.31. The summed E-state index contributed by atoms with van der Waals surface area (Å²) in [6.07, 6.45) is 5.48. The number of hydrogen-bond donors (Lipinski definition) is 1. The summed E-state index contributed by atoms with van der Waals surface area (Å²) >= 11 is 3.17. The number of aromatic amines is 1. The van der Waals surface area contributed by atoms with E-state index in [9.17, 15) is 4.79 Å². The molecular weight excluding hydrogens is 354 g/mol. The number of amides is 1. The second-order valence-electron chi connectivity index (χ2n) is 6.23. The molecule has 1 N–H and O–H groups in total. The fourth-order valence-electron chi connectivity index (χ4n) is 3.24. The van der Waals surface area contributed by atoms with Crippen molar-refractivity contribution in [1.82, 2.24) is 25.1 Å². The van der Waals surface area contributed by atoms with Crippen molar-refractivity contribution in [2.45, 2.75) is 30.7 Å². The van der Waals surface area contributed by atoms with Crippen LogP contribution in [-0.2, 0) is 4.79 Å². The Kier molecular flexibility index (Phi) is 4.72. The molecule has 1 aliphatic rings. The number of H-pyrrole nitrogens is 1. The molecule has 1 saturated heterocycles. The molecule has 3 aromatic rings. The topological polar surface area (TPSA) is 74.8 Å². The summed E-state index contributed by atoms with van der Waals surface area (Å²) in [6, 6.07) is 4.10. The number of nitrogens with one attached hydrogen (secondary N) is 1. The summed E-state index contributed by atoms with van der Waals surface area (Å²) < 4.78 is 0. The fourth-order valence-corrected chi connectivity index (χ4v) is 5.03. The maximum absolute atomic E-state index is 12.7. The van der Waals surface area contributed by atoms with Gasteiger partial charge in [0.15, 0.2) is 0 Å². The van der Waals surface area contributed by atoms with Crippen molar-refractivity contribution in [2.75, 3.05) is 18.8 Å². The molecule has 1 amide bonds. The van der Waals surface area contributed by atoms with Gasteiger partial charge in [-0.05, 0) is 31.9 Å². The molecule has 0 unspecified atom stereocenters. The highest BCUT2D eigenvalue weighted by atomic mass is 32.2. The number of aryl methyl sites for hydroxylation is 1. The van der Waals surface area contributed by atoms with Gasteiger partial charge in [-0.1, -0.05) is 11.8 Å². The normalized spacial score (nSPS) is 18.0. The first-order chi connectivity index (χ1) is 12.2.